The largest absolute Gasteiger partial charge is 0.389 e. The Kier molecular flexibility index (Phi) is 3.96. The maximum atomic E-state index is 13.1. The van der Waals surface area contributed by atoms with Crippen LogP contribution in [0.4, 0.5) is 13.2 Å². The Hall–Kier alpha value is -0.780. The van der Waals surface area contributed by atoms with Crippen LogP contribution in [0.15, 0.2) is 12.1 Å². The highest BCUT2D eigenvalue weighted by atomic mass is 35.5. The zero-order valence-corrected chi connectivity index (χ0v) is 8.18. The monoisotopic (exact) mass is 240 g/mol. The summed E-state index contributed by atoms with van der Waals surface area (Å²) in [5.74, 6) is -4.14. The van der Waals surface area contributed by atoms with Crippen LogP contribution < -0.4 is 0 Å². The van der Waals surface area contributed by atoms with Crippen molar-refractivity contribution in [2.45, 2.75) is 12.2 Å². The van der Waals surface area contributed by atoms with Gasteiger partial charge in [-0.25, -0.2) is 13.2 Å². The van der Waals surface area contributed by atoms with Crippen LogP contribution in [0.3, 0.4) is 0 Å². The van der Waals surface area contributed by atoms with Crippen molar-refractivity contribution in [3.05, 3.63) is 35.1 Å². The molecular formula is C9H8ClF3O2. The van der Waals surface area contributed by atoms with Gasteiger partial charge in [0, 0.05) is 11.6 Å². The fraction of sp³-hybridized carbons (Fsp3) is 0.333. The average molecular weight is 241 g/mol. The minimum atomic E-state index is -1.68. The van der Waals surface area contributed by atoms with Gasteiger partial charge in [-0.3, -0.25) is 0 Å². The number of hydrogen-bond acceptors (Lipinski definition) is 2. The lowest BCUT2D eigenvalue weighted by atomic mass is 10.0. The van der Waals surface area contributed by atoms with Crippen LogP contribution in [-0.4, -0.2) is 22.2 Å². The van der Waals surface area contributed by atoms with Crippen LogP contribution in [0.1, 0.15) is 11.7 Å². The summed E-state index contributed by atoms with van der Waals surface area (Å²) in [6, 6.07) is 0.792. The number of hydrogen-bond donors (Lipinski definition) is 2. The van der Waals surface area contributed by atoms with Crippen LogP contribution >= 0.6 is 11.6 Å². The van der Waals surface area contributed by atoms with Gasteiger partial charge in [0.2, 0.25) is 0 Å². The predicted molar refractivity (Wildman–Crippen MR) is 48.0 cm³/mol. The maximum absolute atomic E-state index is 13.1. The lowest BCUT2D eigenvalue weighted by molar-refractivity contribution is 0.0301. The summed E-state index contributed by atoms with van der Waals surface area (Å²) in [5, 5.41) is 18.4. The first kappa shape index (κ1) is 12.3. The zero-order chi connectivity index (χ0) is 11.6. The molecule has 0 heterocycles. The second kappa shape index (κ2) is 4.83. The Labute approximate surface area is 88.9 Å². The highest BCUT2D eigenvalue weighted by Crippen LogP contribution is 2.23. The number of aliphatic hydroxyl groups is 2. The molecule has 84 valence electrons. The third-order valence-electron chi connectivity index (χ3n) is 1.88. The SMILES string of the molecule is OC(CCl)C(O)c1cc(F)c(F)cc1F. The van der Waals surface area contributed by atoms with Gasteiger partial charge in [0.25, 0.3) is 0 Å². The lowest BCUT2D eigenvalue weighted by Crippen LogP contribution is -2.21. The molecule has 2 N–H and O–H groups in total. The number of benzene rings is 1. The molecule has 0 saturated heterocycles. The van der Waals surface area contributed by atoms with E-state index in [0.29, 0.717) is 12.1 Å². The Bertz CT molecular complexity index is 359. The average Bonchev–Trinajstić information content (AvgIpc) is 2.21. The molecule has 1 aromatic carbocycles. The highest BCUT2D eigenvalue weighted by Gasteiger charge is 2.22. The Balaban J connectivity index is 3.09. The summed E-state index contributed by atoms with van der Waals surface area (Å²) < 4.78 is 38.3. The molecule has 0 aliphatic rings. The third-order valence-corrected chi connectivity index (χ3v) is 2.20. The molecule has 0 radical (unpaired) electrons. The summed E-state index contributed by atoms with van der Waals surface area (Å²) in [7, 11) is 0. The Morgan fingerprint density at radius 1 is 1.07 bits per heavy atom. The summed E-state index contributed by atoms with van der Waals surface area (Å²) in [6.07, 6.45) is -3.12. The molecule has 2 nitrogen and oxygen atoms in total. The second-order valence-corrected chi connectivity index (χ2v) is 3.26. The molecule has 0 spiro atoms. The molecule has 0 saturated carbocycles. The van der Waals surface area contributed by atoms with Crippen molar-refractivity contribution in [3.8, 4) is 0 Å². The molecule has 6 heteroatoms. The second-order valence-electron chi connectivity index (χ2n) is 2.95. The molecule has 0 bridgehead atoms. The molecule has 2 atom stereocenters. The van der Waals surface area contributed by atoms with E-state index in [1.165, 1.54) is 0 Å². The van der Waals surface area contributed by atoms with Gasteiger partial charge in [0.1, 0.15) is 11.9 Å². The van der Waals surface area contributed by atoms with E-state index in [1.54, 1.807) is 0 Å². The molecule has 2 unspecified atom stereocenters. The molecule has 0 aliphatic heterocycles. The van der Waals surface area contributed by atoms with Crippen molar-refractivity contribution in [3.63, 3.8) is 0 Å². The highest BCUT2D eigenvalue weighted by molar-refractivity contribution is 6.18. The van der Waals surface area contributed by atoms with E-state index in [4.69, 9.17) is 16.7 Å². The van der Waals surface area contributed by atoms with Crippen LogP contribution in [-0.2, 0) is 0 Å². The van der Waals surface area contributed by atoms with E-state index in [2.05, 4.69) is 0 Å². The third kappa shape index (κ3) is 2.62. The van der Waals surface area contributed by atoms with Crippen molar-refractivity contribution < 1.29 is 23.4 Å². The van der Waals surface area contributed by atoms with E-state index in [1.807, 2.05) is 0 Å². The first-order valence-electron chi connectivity index (χ1n) is 4.04. The first-order chi connectivity index (χ1) is 6.97. The van der Waals surface area contributed by atoms with E-state index in [-0.39, 0.29) is 5.88 Å². The van der Waals surface area contributed by atoms with Gasteiger partial charge in [-0.1, -0.05) is 0 Å². The van der Waals surface area contributed by atoms with E-state index in [9.17, 15) is 18.3 Å². The van der Waals surface area contributed by atoms with E-state index >= 15 is 0 Å². The zero-order valence-electron chi connectivity index (χ0n) is 7.42. The fourth-order valence-corrected chi connectivity index (χ4v) is 1.23. The topological polar surface area (TPSA) is 40.5 Å². The number of alkyl halides is 1. The Morgan fingerprint density at radius 2 is 1.60 bits per heavy atom. The van der Waals surface area contributed by atoms with Gasteiger partial charge < -0.3 is 10.2 Å². The van der Waals surface area contributed by atoms with Crippen molar-refractivity contribution in [2.24, 2.45) is 0 Å². The molecule has 15 heavy (non-hydrogen) atoms. The van der Waals surface area contributed by atoms with Gasteiger partial charge in [-0.2, -0.15) is 0 Å². The smallest absolute Gasteiger partial charge is 0.161 e. The van der Waals surface area contributed by atoms with Crippen molar-refractivity contribution in [2.75, 3.05) is 5.88 Å². The number of rotatable bonds is 3. The normalized spacial score (nSPS) is 15.1. The summed E-state index contributed by atoms with van der Waals surface area (Å²) in [4.78, 5) is 0. The van der Waals surface area contributed by atoms with Gasteiger partial charge in [0.15, 0.2) is 11.6 Å². The first-order valence-corrected chi connectivity index (χ1v) is 4.57. The van der Waals surface area contributed by atoms with Crippen molar-refractivity contribution in [1.29, 1.82) is 0 Å². The minimum absolute atomic E-state index is 0.300. The van der Waals surface area contributed by atoms with Gasteiger partial charge in [-0.05, 0) is 6.07 Å². The van der Waals surface area contributed by atoms with Gasteiger partial charge >= 0.3 is 0 Å². The van der Waals surface area contributed by atoms with Crippen LogP contribution in [0.25, 0.3) is 0 Å². The van der Waals surface area contributed by atoms with Crippen LogP contribution in [0.2, 0.25) is 0 Å². The minimum Gasteiger partial charge on any atom is -0.389 e. The summed E-state index contributed by atoms with van der Waals surface area (Å²) in [6.45, 7) is 0. The van der Waals surface area contributed by atoms with Gasteiger partial charge in [-0.15, -0.1) is 11.6 Å². The predicted octanol–water partition coefficient (Wildman–Crippen LogP) is 1.74. The number of halogens is 4. The Morgan fingerprint density at radius 3 is 2.13 bits per heavy atom. The number of aliphatic hydroxyl groups excluding tert-OH is 2. The lowest BCUT2D eigenvalue weighted by Gasteiger charge is -2.16. The fourth-order valence-electron chi connectivity index (χ4n) is 1.06. The van der Waals surface area contributed by atoms with E-state index < -0.39 is 35.2 Å². The molecule has 1 aromatic rings. The molecule has 0 aliphatic carbocycles. The summed E-state index contributed by atoms with van der Waals surface area (Å²) >= 11 is 5.22. The standard InChI is InChI=1S/C9H8ClF3O2/c10-3-8(14)9(15)4-1-6(12)7(13)2-5(4)11/h1-2,8-9,14-15H,3H2. The quantitative estimate of drug-likeness (QED) is 0.624. The maximum Gasteiger partial charge on any atom is 0.161 e. The van der Waals surface area contributed by atoms with E-state index in [0.717, 1.165) is 0 Å². The van der Waals surface area contributed by atoms with Crippen molar-refractivity contribution in [1.82, 2.24) is 0 Å². The molecular weight excluding hydrogens is 233 g/mol. The molecule has 0 fully saturated rings. The molecule has 1 rings (SSSR count). The summed E-state index contributed by atoms with van der Waals surface area (Å²) in [5.41, 5.74) is -0.526. The van der Waals surface area contributed by atoms with Crippen molar-refractivity contribution >= 4 is 11.6 Å². The van der Waals surface area contributed by atoms with Gasteiger partial charge in [0.05, 0.1) is 12.0 Å². The van der Waals surface area contributed by atoms with Crippen LogP contribution in [0, 0.1) is 17.5 Å². The van der Waals surface area contributed by atoms with Crippen LogP contribution in [0.5, 0.6) is 0 Å². The molecule has 0 amide bonds. The molecule has 0 aromatic heterocycles.